The van der Waals surface area contributed by atoms with Gasteiger partial charge >= 0.3 is 0 Å². The molecule has 0 amide bonds. The number of nitrogens with zero attached hydrogens (tertiary/aromatic N) is 1. The van der Waals surface area contributed by atoms with Crippen LogP contribution >= 0.6 is 15.9 Å². The fourth-order valence-electron chi connectivity index (χ4n) is 2.94. The number of benzene rings is 1. The highest BCUT2D eigenvalue weighted by molar-refractivity contribution is 9.10. The topological polar surface area (TPSA) is 29.3 Å². The summed E-state index contributed by atoms with van der Waals surface area (Å²) in [6, 6.07) is 6.77. The van der Waals surface area contributed by atoms with Gasteiger partial charge in [0, 0.05) is 22.7 Å². The molecule has 1 aromatic carbocycles. The van der Waals surface area contributed by atoms with Crippen molar-refractivity contribution in [2.45, 2.75) is 52.1 Å². The lowest BCUT2D eigenvalue weighted by molar-refractivity contribution is 0.123. The van der Waals surface area contributed by atoms with E-state index in [2.05, 4.69) is 47.8 Å². The van der Waals surface area contributed by atoms with E-state index < -0.39 is 0 Å². The van der Waals surface area contributed by atoms with Gasteiger partial charge in [0.2, 0.25) is 0 Å². The van der Waals surface area contributed by atoms with Crippen molar-refractivity contribution in [3.8, 4) is 0 Å². The maximum Gasteiger partial charge on any atom is 0.0318 e. The lowest BCUT2D eigenvalue weighted by atomic mass is 9.75. The van der Waals surface area contributed by atoms with Crippen LogP contribution in [0, 0.1) is 5.41 Å². The van der Waals surface area contributed by atoms with Crippen molar-refractivity contribution in [2.24, 2.45) is 5.41 Å². The van der Waals surface area contributed by atoms with Gasteiger partial charge in [0.25, 0.3) is 0 Å². The minimum atomic E-state index is 0.537. The van der Waals surface area contributed by atoms with Crippen LogP contribution in [-0.2, 0) is 6.54 Å². The molecule has 0 bridgehead atoms. The Hall–Kier alpha value is -0.540. The Labute approximate surface area is 125 Å². The molecule has 1 aliphatic carbocycles. The Morgan fingerprint density at radius 3 is 2.58 bits per heavy atom. The van der Waals surface area contributed by atoms with E-state index in [1.807, 2.05) is 12.1 Å². The fourth-order valence-corrected chi connectivity index (χ4v) is 3.31. The summed E-state index contributed by atoms with van der Waals surface area (Å²) in [5, 5.41) is 0. The molecule has 0 heterocycles. The van der Waals surface area contributed by atoms with Crippen LogP contribution in [0.25, 0.3) is 0 Å². The second-order valence-electron chi connectivity index (χ2n) is 6.66. The van der Waals surface area contributed by atoms with Gasteiger partial charge < -0.3 is 5.73 Å². The molecular formula is C16H25BrN2. The van der Waals surface area contributed by atoms with Crippen molar-refractivity contribution in [1.82, 2.24) is 4.90 Å². The smallest absolute Gasteiger partial charge is 0.0318 e. The molecule has 1 aliphatic rings. The molecule has 106 valence electrons. The van der Waals surface area contributed by atoms with Crippen molar-refractivity contribution >= 4 is 21.6 Å². The molecule has 0 radical (unpaired) electrons. The van der Waals surface area contributed by atoms with Crippen molar-refractivity contribution in [3.63, 3.8) is 0 Å². The highest BCUT2D eigenvalue weighted by Crippen LogP contribution is 2.37. The van der Waals surface area contributed by atoms with Crippen LogP contribution in [0.15, 0.2) is 22.7 Å². The second-order valence-corrected chi connectivity index (χ2v) is 7.52. The zero-order chi connectivity index (χ0) is 14.0. The molecule has 1 saturated carbocycles. The third-order valence-corrected chi connectivity index (χ3v) is 5.20. The Morgan fingerprint density at radius 2 is 1.95 bits per heavy atom. The highest BCUT2D eigenvalue weighted by atomic mass is 79.9. The van der Waals surface area contributed by atoms with Crippen molar-refractivity contribution in [2.75, 3.05) is 12.8 Å². The van der Waals surface area contributed by atoms with Gasteiger partial charge in [-0.15, -0.1) is 0 Å². The Morgan fingerprint density at radius 1 is 1.32 bits per heavy atom. The molecular weight excluding hydrogens is 300 g/mol. The molecule has 19 heavy (non-hydrogen) atoms. The summed E-state index contributed by atoms with van der Waals surface area (Å²) >= 11 is 3.62. The number of nitrogen functional groups attached to an aromatic ring is 1. The SMILES string of the molecule is CN(Cc1cc(N)ccc1Br)C1CCC(C)(C)CC1. The summed E-state index contributed by atoms with van der Waals surface area (Å²) in [6.07, 6.45) is 5.28. The second kappa shape index (κ2) is 5.84. The van der Waals surface area contributed by atoms with Crippen LogP contribution in [0.2, 0.25) is 0 Å². The molecule has 2 N–H and O–H groups in total. The predicted molar refractivity (Wildman–Crippen MR) is 86.1 cm³/mol. The van der Waals surface area contributed by atoms with E-state index in [1.165, 1.54) is 31.2 Å². The summed E-state index contributed by atoms with van der Waals surface area (Å²) in [7, 11) is 2.23. The number of hydrogen-bond donors (Lipinski definition) is 1. The monoisotopic (exact) mass is 324 g/mol. The summed E-state index contributed by atoms with van der Waals surface area (Å²) < 4.78 is 1.16. The molecule has 0 unspecified atom stereocenters. The van der Waals surface area contributed by atoms with E-state index in [9.17, 15) is 0 Å². The number of nitrogens with two attached hydrogens (primary N) is 1. The molecule has 0 aromatic heterocycles. The minimum Gasteiger partial charge on any atom is -0.399 e. The van der Waals surface area contributed by atoms with Crippen LogP contribution < -0.4 is 5.73 Å². The first-order chi connectivity index (χ1) is 8.87. The molecule has 2 nitrogen and oxygen atoms in total. The zero-order valence-electron chi connectivity index (χ0n) is 12.2. The van der Waals surface area contributed by atoms with Gasteiger partial charge in [-0.05, 0) is 61.9 Å². The average Bonchev–Trinajstić information content (AvgIpc) is 2.33. The largest absolute Gasteiger partial charge is 0.399 e. The van der Waals surface area contributed by atoms with E-state index in [-0.39, 0.29) is 0 Å². The standard InChI is InChI=1S/C16H25BrN2/c1-16(2)8-6-14(7-9-16)19(3)11-12-10-13(18)4-5-15(12)17/h4-5,10,14H,6-9,11,18H2,1-3H3. The Balaban J connectivity index is 1.98. The first kappa shape index (κ1) is 14.9. The van der Waals surface area contributed by atoms with E-state index >= 15 is 0 Å². The predicted octanol–water partition coefficient (Wildman–Crippen LogP) is 4.43. The van der Waals surface area contributed by atoms with Crippen LogP contribution in [0.5, 0.6) is 0 Å². The maximum atomic E-state index is 5.88. The fraction of sp³-hybridized carbons (Fsp3) is 0.625. The van der Waals surface area contributed by atoms with E-state index in [0.717, 1.165) is 16.7 Å². The molecule has 0 saturated heterocycles. The van der Waals surface area contributed by atoms with Gasteiger partial charge in [-0.2, -0.15) is 0 Å². The van der Waals surface area contributed by atoms with Gasteiger partial charge in [-0.25, -0.2) is 0 Å². The van der Waals surface area contributed by atoms with Crippen molar-refractivity contribution in [3.05, 3.63) is 28.2 Å². The molecule has 2 rings (SSSR count). The lowest BCUT2D eigenvalue weighted by Gasteiger charge is -2.38. The van der Waals surface area contributed by atoms with Crippen LogP contribution in [0.3, 0.4) is 0 Å². The molecule has 1 aromatic rings. The van der Waals surface area contributed by atoms with Crippen LogP contribution in [0.4, 0.5) is 5.69 Å². The van der Waals surface area contributed by atoms with Gasteiger partial charge in [0.05, 0.1) is 0 Å². The van der Waals surface area contributed by atoms with Crippen molar-refractivity contribution < 1.29 is 0 Å². The summed E-state index contributed by atoms with van der Waals surface area (Å²) in [4.78, 5) is 2.48. The summed E-state index contributed by atoms with van der Waals surface area (Å²) in [6.45, 7) is 5.74. The van der Waals surface area contributed by atoms with Crippen molar-refractivity contribution in [1.29, 1.82) is 0 Å². The van der Waals surface area contributed by atoms with E-state index in [1.54, 1.807) is 0 Å². The third kappa shape index (κ3) is 3.96. The van der Waals surface area contributed by atoms with Gasteiger partial charge in [-0.3, -0.25) is 4.90 Å². The quantitative estimate of drug-likeness (QED) is 0.833. The average molecular weight is 325 g/mol. The van der Waals surface area contributed by atoms with Gasteiger partial charge in [-0.1, -0.05) is 29.8 Å². The minimum absolute atomic E-state index is 0.537. The Kier molecular flexibility index (Phi) is 4.57. The first-order valence-electron chi connectivity index (χ1n) is 7.11. The first-order valence-corrected chi connectivity index (χ1v) is 7.91. The number of hydrogen-bond acceptors (Lipinski definition) is 2. The summed E-state index contributed by atoms with van der Waals surface area (Å²) in [5.74, 6) is 0. The number of anilines is 1. The summed E-state index contributed by atoms with van der Waals surface area (Å²) in [5.41, 5.74) is 8.54. The Bertz CT molecular complexity index is 432. The molecule has 0 aliphatic heterocycles. The highest BCUT2D eigenvalue weighted by Gasteiger charge is 2.28. The van der Waals surface area contributed by atoms with Gasteiger partial charge in [0.15, 0.2) is 0 Å². The molecule has 0 atom stereocenters. The zero-order valence-corrected chi connectivity index (χ0v) is 13.8. The van der Waals surface area contributed by atoms with Gasteiger partial charge in [0.1, 0.15) is 0 Å². The number of rotatable bonds is 3. The van der Waals surface area contributed by atoms with Crippen LogP contribution in [0.1, 0.15) is 45.1 Å². The van der Waals surface area contributed by atoms with E-state index in [0.29, 0.717) is 11.5 Å². The van der Waals surface area contributed by atoms with Crippen LogP contribution in [-0.4, -0.2) is 18.0 Å². The number of halogens is 1. The molecule has 3 heteroatoms. The lowest BCUT2D eigenvalue weighted by Crippen LogP contribution is -2.36. The maximum absolute atomic E-state index is 5.88. The molecule has 1 fully saturated rings. The third-order valence-electron chi connectivity index (χ3n) is 4.42. The molecule has 0 spiro atoms. The van der Waals surface area contributed by atoms with E-state index in [4.69, 9.17) is 5.73 Å². The normalized spacial score (nSPS) is 19.8.